The predicted molar refractivity (Wildman–Crippen MR) is 39.0 cm³/mol. The molecule has 0 aliphatic carbocycles. The number of hydrogen-bond acceptors (Lipinski definition) is 1. The minimum absolute atomic E-state index is 0. The highest BCUT2D eigenvalue weighted by Gasteiger charge is 1.69. The summed E-state index contributed by atoms with van der Waals surface area (Å²) in [5.74, 6) is 1.07. The lowest BCUT2D eigenvalue weighted by Crippen LogP contribution is -1.69. The average molecular weight is 134 g/mol. The molecule has 0 rings (SSSR count). The van der Waals surface area contributed by atoms with Crippen LogP contribution in [0.4, 0.5) is 0 Å². The molecule has 0 saturated carbocycles. The first kappa shape index (κ1) is 9.92. The van der Waals surface area contributed by atoms with Crippen LogP contribution >= 0.6 is 12.6 Å². The monoisotopic (exact) mass is 134 g/mol. The van der Waals surface area contributed by atoms with E-state index in [2.05, 4.69) is 12.6 Å². The molecule has 0 amide bonds. The minimum atomic E-state index is 0. The third kappa shape index (κ3) is 8.84. The van der Waals surface area contributed by atoms with Gasteiger partial charge in [-0.25, -0.2) is 0 Å². The van der Waals surface area contributed by atoms with Crippen LogP contribution in [0.25, 0.3) is 0 Å². The Morgan fingerprint density at radius 3 is 2.00 bits per heavy atom. The van der Waals surface area contributed by atoms with Crippen LogP contribution in [0, 0.1) is 0 Å². The molecule has 0 aliphatic heterocycles. The Morgan fingerprint density at radius 2 is 2.00 bits per heavy atom. The van der Waals surface area contributed by atoms with E-state index >= 15 is 0 Å². The molecule has 0 bridgehead atoms. The molecule has 36 valence electrons. The summed E-state index contributed by atoms with van der Waals surface area (Å²) in [4.78, 5) is 0. The van der Waals surface area contributed by atoms with Crippen LogP contribution in [-0.2, 0) is 0 Å². The smallest absolute Gasteiger partial charge is 0.00283 e. The van der Waals surface area contributed by atoms with Gasteiger partial charge in [-0.1, -0.05) is 6.04 Å². The van der Waals surface area contributed by atoms with Gasteiger partial charge in [0.2, 0.25) is 0 Å². The van der Waals surface area contributed by atoms with E-state index in [9.17, 15) is 0 Å². The first-order chi connectivity index (χ1) is 2.41. The zero-order valence-corrected chi connectivity index (χ0v) is 7.96. The lowest BCUT2D eigenvalue weighted by molar-refractivity contribution is 1.11. The Hall–Kier alpha value is 0.784. The normalized spacial score (nSPS) is 7.50. The number of rotatable bonds is 2. The van der Waals surface area contributed by atoms with Gasteiger partial charge in [0, 0.05) is 21.2 Å². The third-order valence-corrected chi connectivity index (χ3v) is 1.54. The second-order valence-electron chi connectivity index (χ2n) is 1.08. The SMILES string of the molecule is [SiH3]CCCS.[Si]. The molecular formula is C3H10SSi2. The van der Waals surface area contributed by atoms with Crippen molar-refractivity contribution in [1.29, 1.82) is 0 Å². The van der Waals surface area contributed by atoms with Crippen molar-refractivity contribution in [2.75, 3.05) is 5.75 Å². The second kappa shape index (κ2) is 9.24. The van der Waals surface area contributed by atoms with E-state index in [4.69, 9.17) is 0 Å². The summed E-state index contributed by atoms with van der Waals surface area (Å²) in [7, 11) is 1.35. The first-order valence-electron chi connectivity index (χ1n) is 2.02. The highest BCUT2D eigenvalue weighted by atomic mass is 32.1. The van der Waals surface area contributed by atoms with E-state index in [0.717, 1.165) is 5.75 Å². The molecule has 0 aliphatic rings. The highest BCUT2D eigenvalue weighted by molar-refractivity contribution is 7.80. The van der Waals surface area contributed by atoms with Gasteiger partial charge in [0.15, 0.2) is 0 Å². The van der Waals surface area contributed by atoms with Gasteiger partial charge < -0.3 is 0 Å². The summed E-state index contributed by atoms with van der Waals surface area (Å²) in [6, 6.07) is 1.41. The number of hydrogen-bond donors (Lipinski definition) is 1. The summed E-state index contributed by atoms with van der Waals surface area (Å²) >= 11 is 4.02. The van der Waals surface area contributed by atoms with E-state index in [1.54, 1.807) is 0 Å². The summed E-state index contributed by atoms with van der Waals surface area (Å²) in [6.45, 7) is 0. The molecular weight excluding hydrogens is 124 g/mol. The zero-order valence-electron chi connectivity index (χ0n) is 4.07. The van der Waals surface area contributed by atoms with Gasteiger partial charge in [-0.3, -0.25) is 0 Å². The zero-order chi connectivity index (χ0) is 4.12. The standard InChI is InChI=1S/C3H10SSi.Si/c4-2-1-3-5;/h4H,1-3H2,5H3;. The Morgan fingerprint density at radius 1 is 1.50 bits per heavy atom. The van der Waals surface area contributed by atoms with Crippen molar-refractivity contribution in [3.05, 3.63) is 0 Å². The molecule has 0 atom stereocenters. The molecule has 0 aromatic heterocycles. The molecule has 4 radical (unpaired) electrons. The predicted octanol–water partition coefficient (Wildman–Crippen LogP) is -0.291. The van der Waals surface area contributed by atoms with Crippen LogP contribution in [0.5, 0.6) is 0 Å². The van der Waals surface area contributed by atoms with Crippen LogP contribution in [0.2, 0.25) is 6.04 Å². The van der Waals surface area contributed by atoms with Crippen LogP contribution < -0.4 is 0 Å². The molecule has 0 saturated heterocycles. The highest BCUT2D eigenvalue weighted by Crippen LogP contribution is 1.84. The topological polar surface area (TPSA) is 0 Å². The Kier molecular flexibility index (Phi) is 15.3. The van der Waals surface area contributed by atoms with Crippen LogP contribution in [-0.4, -0.2) is 27.0 Å². The average Bonchev–Trinajstić information content (AvgIpc) is 1.41. The maximum atomic E-state index is 4.02. The molecule has 0 heterocycles. The summed E-state index contributed by atoms with van der Waals surface area (Å²) in [5.41, 5.74) is 0. The lowest BCUT2D eigenvalue weighted by Gasteiger charge is -1.78. The maximum Gasteiger partial charge on any atom is 0.00283 e. The molecule has 0 unspecified atom stereocenters. The Bertz CT molecular complexity index is 16.3. The maximum absolute atomic E-state index is 4.02. The van der Waals surface area contributed by atoms with E-state index in [1.165, 1.54) is 22.7 Å². The van der Waals surface area contributed by atoms with Crippen LogP contribution in [0.15, 0.2) is 0 Å². The fraction of sp³-hybridized carbons (Fsp3) is 1.00. The lowest BCUT2D eigenvalue weighted by atomic mass is 10.6. The van der Waals surface area contributed by atoms with Gasteiger partial charge >= 0.3 is 0 Å². The van der Waals surface area contributed by atoms with E-state index < -0.39 is 0 Å². The molecule has 0 fully saturated rings. The minimum Gasteiger partial charge on any atom is -0.179 e. The summed E-state index contributed by atoms with van der Waals surface area (Å²) in [5, 5.41) is 0. The molecule has 3 heteroatoms. The molecule has 0 N–H and O–H groups in total. The molecule has 0 aromatic rings. The molecule has 6 heavy (non-hydrogen) atoms. The fourth-order valence-electron chi connectivity index (χ4n) is 0.158. The van der Waals surface area contributed by atoms with Gasteiger partial charge in [-0.05, 0) is 12.2 Å². The van der Waals surface area contributed by atoms with Gasteiger partial charge in [-0.2, -0.15) is 12.6 Å². The van der Waals surface area contributed by atoms with Gasteiger partial charge in [0.05, 0.1) is 0 Å². The largest absolute Gasteiger partial charge is 0.179 e. The summed E-state index contributed by atoms with van der Waals surface area (Å²) < 4.78 is 0. The van der Waals surface area contributed by atoms with E-state index in [-0.39, 0.29) is 11.0 Å². The van der Waals surface area contributed by atoms with Crippen molar-refractivity contribution in [3.63, 3.8) is 0 Å². The van der Waals surface area contributed by atoms with Crippen molar-refractivity contribution >= 4 is 33.8 Å². The van der Waals surface area contributed by atoms with Crippen LogP contribution in [0.1, 0.15) is 6.42 Å². The van der Waals surface area contributed by atoms with Crippen LogP contribution in [0.3, 0.4) is 0 Å². The summed E-state index contributed by atoms with van der Waals surface area (Å²) in [6.07, 6.45) is 1.31. The van der Waals surface area contributed by atoms with Crippen molar-refractivity contribution in [3.8, 4) is 0 Å². The third-order valence-electron chi connectivity index (χ3n) is 0.512. The van der Waals surface area contributed by atoms with Crippen molar-refractivity contribution in [2.45, 2.75) is 12.5 Å². The molecule has 0 aromatic carbocycles. The van der Waals surface area contributed by atoms with Gasteiger partial charge in [-0.15, -0.1) is 0 Å². The van der Waals surface area contributed by atoms with E-state index in [1.807, 2.05) is 0 Å². The second-order valence-corrected chi connectivity index (χ2v) is 2.52. The molecule has 0 spiro atoms. The first-order valence-corrected chi connectivity index (χ1v) is 4.07. The fourth-order valence-corrected chi connectivity index (χ4v) is 1.42. The van der Waals surface area contributed by atoms with Gasteiger partial charge in [0.1, 0.15) is 0 Å². The quantitative estimate of drug-likeness (QED) is 0.389. The van der Waals surface area contributed by atoms with Gasteiger partial charge in [0.25, 0.3) is 0 Å². The van der Waals surface area contributed by atoms with E-state index in [0.29, 0.717) is 0 Å². The Labute approximate surface area is 52.6 Å². The van der Waals surface area contributed by atoms with Crippen molar-refractivity contribution in [1.82, 2.24) is 0 Å². The number of thiol groups is 1. The molecule has 0 nitrogen and oxygen atoms in total. The van der Waals surface area contributed by atoms with Crippen molar-refractivity contribution < 1.29 is 0 Å². The Balaban J connectivity index is 0. The van der Waals surface area contributed by atoms with Crippen molar-refractivity contribution in [2.24, 2.45) is 0 Å².